The van der Waals surface area contributed by atoms with Crippen molar-refractivity contribution in [3.63, 3.8) is 0 Å². The number of hydrogen-bond donors (Lipinski definition) is 2. The first-order chi connectivity index (χ1) is 16.9. The average molecular weight is 495 g/mol. The van der Waals surface area contributed by atoms with E-state index in [9.17, 15) is 14.4 Å². The molecule has 1 aliphatic rings. The number of urea groups is 1. The van der Waals surface area contributed by atoms with Crippen LogP contribution >= 0.6 is 11.6 Å². The number of rotatable bonds is 6. The zero-order valence-corrected chi connectivity index (χ0v) is 20.1. The van der Waals surface area contributed by atoms with E-state index < -0.39 is 12.1 Å². The van der Waals surface area contributed by atoms with Crippen molar-refractivity contribution in [2.24, 2.45) is 0 Å². The molecule has 1 unspecified atom stereocenters. The number of para-hydroxylation sites is 1. The van der Waals surface area contributed by atoms with Crippen LogP contribution in [0, 0.1) is 0 Å². The number of imide groups is 1. The van der Waals surface area contributed by atoms with Crippen molar-refractivity contribution >= 4 is 29.2 Å². The quantitative estimate of drug-likeness (QED) is 0.546. The summed E-state index contributed by atoms with van der Waals surface area (Å²) in [5, 5.41) is 9.51. The highest BCUT2D eigenvalue weighted by molar-refractivity contribution is 6.33. The Kier molecular flexibility index (Phi) is 7.79. The van der Waals surface area contributed by atoms with Gasteiger partial charge in [0, 0.05) is 32.7 Å². The number of benzene rings is 2. The number of aromatic nitrogens is 2. The third-order valence-corrected chi connectivity index (χ3v) is 6.37. The Bertz CT molecular complexity index is 1230. The second-order valence-corrected chi connectivity index (χ2v) is 8.63. The SMILES string of the molecule is CC(C(=O)NC(=O)NCc1ccccc1)N1CCN(c2cnn(-c3ccccc3)c(=O)c2Cl)CC1. The molecule has 3 aromatic rings. The molecule has 9 nitrogen and oxygen atoms in total. The van der Waals surface area contributed by atoms with Gasteiger partial charge in [-0.15, -0.1) is 0 Å². The molecule has 1 aliphatic heterocycles. The van der Waals surface area contributed by atoms with Gasteiger partial charge in [-0.25, -0.2) is 4.79 Å². The van der Waals surface area contributed by atoms with Crippen LogP contribution < -0.4 is 21.1 Å². The Balaban J connectivity index is 1.31. The largest absolute Gasteiger partial charge is 0.366 e. The molecule has 0 spiro atoms. The van der Waals surface area contributed by atoms with Crippen LogP contribution in [-0.4, -0.2) is 58.8 Å². The summed E-state index contributed by atoms with van der Waals surface area (Å²) in [5.74, 6) is -0.367. The number of nitrogens with zero attached hydrogens (tertiary/aromatic N) is 4. The first kappa shape index (κ1) is 24.4. The molecule has 1 atom stereocenters. The van der Waals surface area contributed by atoms with Gasteiger partial charge in [-0.05, 0) is 24.6 Å². The van der Waals surface area contributed by atoms with Crippen molar-refractivity contribution < 1.29 is 9.59 Å². The van der Waals surface area contributed by atoms with Crippen LogP contribution in [0.5, 0.6) is 0 Å². The lowest BCUT2D eigenvalue weighted by Gasteiger charge is -2.38. The van der Waals surface area contributed by atoms with Gasteiger partial charge >= 0.3 is 6.03 Å². The van der Waals surface area contributed by atoms with Gasteiger partial charge < -0.3 is 10.2 Å². The molecule has 35 heavy (non-hydrogen) atoms. The van der Waals surface area contributed by atoms with Gasteiger partial charge in [0.15, 0.2) is 0 Å². The van der Waals surface area contributed by atoms with Crippen LogP contribution in [0.3, 0.4) is 0 Å². The molecule has 1 fully saturated rings. The summed E-state index contributed by atoms with van der Waals surface area (Å²) in [4.78, 5) is 41.5. The number of amides is 3. The summed E-state index contributed by atoms with van der Waals surface area (Å²) < 4.78 is 1.28. The molecule has 182 valence electrons. The highest BCUT2D eigenvalue weighted by Crippen LogP contribution is 2.23. The van der Waals surface area contributed by atoms with Crippen molar-refractivity contribution in [3.8, 4) is 5.69 Å². The van der Waals surface area contributed by atoms with Gasteiger partial charge in [-0.1, -0.05) is 60.1 Å². The van der Waals surface area contributed by atoms with Gasteiger partial charge in [-0.2, -0.15) is 9.78 Å². The van der Waals surface area contributed by atoms with E-state index in [0.29, 0.717) is 44.1 Å². The molecule has 0 radical (unpaired) electrons. The Hall–Kier alpha value is -3.69. The van der Waals surface area contributed by atoms with Gasteiger partial charge in [0.05, 0.1) is 23.6 Å². The van der Waals surface area contributed by atoms with E-state index >= 15 is 0 Å². The Morgan fingerprint density at radius 3 is 2.29 bits per heavy atom. The Morgan fingerprint density at radius 2 is 1.63 bits per heavy atom. The predicted octanol–water partition coefficient (Wildman–Crippen LogP) is 2.42. The van der Waals surface area contributed by atoms with Crippen LogP contribution in [0.25, 0.3) is 5.69 Å². The van der Waals surface area contributed by atoms with E-state index in [4.69, 9.17) is 11.6 Å². The fourth-order valence-electron chi connectivity index (χ4n) is 3.95. The standard InChI is InChI=1S/C25H27ClN6O3/c1-18(23(33)29-25(35)27-16-19-8-4-2-5-9-19)30-12-14-31(15-13-30)21-17-28-32(24(34)22(21)26)20-10-6-3-7-11-20/h2-11,17-18H,12-16H2,1H3,(H2,27,29,33,35). The van der Waals surface area contributed by atoms with Crippen molar-refractivity contribution in [1.82, 2.24) is 25.3 Å². The van der Waals surface area contributed by atoms with Gasteiger partial charge in [0.2, 0.25) is 5.91 Å². The minimum absolute atomic E-state index is 0.109. The lowest BCUT2D eigenvalue weighted by Crippen LogP contribution is -2.55. The Labute approximate surface area is 208 Å². The molecule has 4 rings (SSSR count). The predicted molar refractivity (Wildman–Crippen MR) is 135 cm³/mol. The molecule has 2 heterocycles. The maximum absolute atomic E-state index is 12.8. The highest BCUT2D eigenvalue weighted by atomic mass is 35.5. The molecule has 0 bridgehead atoms. The third kappa shape index (κ3) is 5.87. The van der Waals surface area contributed by atoms with E-state index in [1.165, 1.54) is 4.68 Å². The number of carbonyl (C=O) groups excluding carboxylic acids is 2. The van der Waals surface area contributed by atoms with Crippen LogP contribution in [-0.2, 0) is 11.3 Å². The highest BCUT2D eigenvalue weighted by Gasteiger charge is 2.28. The van der Waals surface area contributed by atoms with Gasteiger partial charge in [0.1, 0.15) is 5.02 Å². The summed E-state index contributed by atoms with van der Waals surface area (Å²) in [6.07, 6.45) is 1.60. The first-order valence-electron chi connectivity index (χ1n) is 11.4. The molecular formula is C25H27ClN6O3. The van der Waals surface area contributed by atoms with Gasteiger partial charge in [-0.3, -0.25) is 19.8 Å². The fraction of sp³-hybridized carbons (Fsp3) is 0.280. The normalized spacial score (nSPS) is 14.9. The molecule has 2 aromatic carbocycles. The molecule has 1 saturated heterocycles. The topological polar surface area (TPSA) is 99.6 Å². The van der Waals surface area contributed by atoms with Crippen LogP contribution in [0.15, 0.2) is 71.7 Å². The monoisotopic (exact) mass is 494 g/mol. The molecule has 1 aromatic heterocycles. The van der Waals surface area contributed by atoms with Crippen LogP contribution in [0.2, 0.25) is 5.02 Å². The molecule has 10 heteroatoms. The lowest BCUT2D eigenvalue weighted by atomic mass is 10.2. The zero-order chi connectivity index (χ0) is 24.8. The zero-order valence-electron chi connectivity index (χ0n) is 19.4. The van der Waals surface area contributed by atoms with Crippen LogP contribution in [0.1, 0.15) is 12.5 Å². The lowest BCUT2D eigenvalue weighted by molar-refractivity contribution is -0.124. The number of hydrogen-bond acceptors (Lipinski definition) is 6. The molecule has 0 aliphatic carbocycles. The van der Waals surface area contributed by atoms with E-state index in [-0.39, 0.29) is 16.5 Å². The second-order valence-electron chi connectivity index (χ2n) is 8.25. The van der Waals surface area contributed by atoms with E-state index in [1.807, 2.05) is 58.3 Å². The third-order valence-electron chi connectivity index (χ3n) is 6.02. The van der Waals surface area contributed by atoms with E-state index in [2.05, 4.69) is 15.7 Å². The van der Waals surface area contributed by atoms with Crippen molar-refractivity contribution in [3.05, 3.63) is 87.8 Å². The fourth-order valence-corrected chi connectivity index (χ4v) is 4.20. The Morgan fingerprint density at radius 1 is 1.00 bits per heavy atom. The summed E-state index contributed by atoms with van der Waals surface area (Å²) in [6.45, 7) is 4.37. The minimum Gasteiger partial charge on any atom is -0.366 e. The summed E-state index contributed by atoms with van der Waals surface area (Å²) in [6, 6.07) is 17.6. The molecular weight excluding hydrogens is 468 g/mol. The van der Waals surface area contributed by atoms with E-state index in [0.717, 1.165) is 5.56 Å². The second kappa shape index (κ2) is 11.2. The average Bonchev–Trinajstić information content (AvgIpc) is 2.90. The smallest absolute Gasteiger partial charge is 0.321 e. The van der Waals surface area contributed by atoms with Crippen LogP contribution in [0.4, 0.5) is 10.5 Å². The van der Waals surface area contributed by atoms with Gasteiger partial charge in [0.25, 0.3) is 5.56 Å². The summed E-state index contributed by atoms with van der Waals surface area (Å²) >= 11 is 6.43. The number of carbonyl (C=O) groups is 2. The van der Waals surface area contributed by atoms with Crippen molar-refractivity contribution in [2.75, 3.05) is 31.1 Å². The van der Waals surface area contributed by atoms with E-state index in [1.54, 1.807) is 25.3 Å². The molecule has 2 N–H and O–H groups in total. The minimum atomic E-state index is -0.527. The number of piperazine rings is 1. The molecule has 0 saturated carbocycles. The number of anilines is 1. The summed E-state index contributed by atoms with van der Waals surface area (Å²) in [5.41, 5.74) is 1.78. The van der Waals surface area contributed by atoms with Crippen molar-refractivity contribution in [2.45, 2.75) is 19.5 Å². The number of halogens is 1. The maximum Gasteiger partial charge on any atom is 0.321 e. The first-order valence-corrected chi connectivity index (χ1v) is 11.8. The molecule has 3 amide bonds. The summed E-state index contributed by atoms with van der Waals surface area (Å²) in [7, 11) is 0. The van der Waals surface area contributed by atoms with Crippen molar-refractivity contribution in [1.29, 1.82) is 0 Å². The number of nitrogens with one attached hydrogen (secondary N) is 2. The maximum atomic E-state index is 12.8.